The maximum Gasteiger partial charge on any atom is 0.407 e. The number of nitrogens with one attached hydrogen (secondary N) is 1. The number of anilines is 1. The van der Waals surface area contributed by atoms with Crippen molar-refractivity contribution in [2.24, 2.45) is 0 Å². The van der Waals surface area contributed by atoms with E-state index in [1.807, 2.05) is 6.92 Å². The maximum atomic E-state index is 15.1. The van der Waals surface area contributed by atoms with Gasteiger partial charge in [-0.2, -0.15) is 0 Å². The van der Waals surface area contributed by atoms with Gasteiger partial charge in [-0.25, -0.2) is 13.6 Å². The summed E-state index contributed by atoms with van der Waals surface area (Å²) in [6.45, 7) is 2.45. The van der Waals surface area contributed by atoms with E-state index in [-0.39, 0.29) is 30.2 Å². The molecule has 0 bridgehead atoms. The van der Waals surface area contributed by atoms with E-state index in [2.05, 4.69) is 15.3 Å². The molecule has 2 aromatic carbocycles. The molecular formula is C29H28F2N4O7. The van der Waals surface area contributed by atoms with E-state index in [0.29, 0.717) is 35.4 Å². The number of amides is 2. The van der Waals surface area contributed by atoms with Crippen LogP contribution in [0.4, 0.5) is 19.3 Å². The summed E-state index contributed by atoms with van der Waals surface area (Å²) in [5, 5.41) is 11.8. The van der Waals surface area contributed by atoms with Crippen LogP contribution in [0.2, 0.25) is 0 Å². The van der Waals surface area contributed by atoms with Crippen molar-refractivity contribution in [1.29, 1.82) is 0 Å². The Balaban J connectivity index is 1.55. The Bertz CT molecular complexity index is 1600. The Labute approximate surface area is 239 Å². The molecule has 42 heavy (non-hydrogen) atoms. The Morgan fingerprint density at radius 3 is 2.45 bits per heavy atom. The number of methoxy groups -OCH3 is 1. The fourth-order valence-corrected chi connectivity index (χ4v) is 3.78. The van der Waals surface area contributed by atoms with E-state index >= 15 is 8.78 Å². The third-order valence-corrected chi connectivity index (χ3v) is 5.97. The summed E-state index contributed by atoms with van der Waals surface area (Å²) in [6, 6.07) is 7.74. The van der Waals surface area contributed by atoms with Crippen LogP contribution in [0.1, 0.15) is 23.7 Å². The van der Waals surface area contributed by atoms with E-state index in [4.69, 9.17) is 24.1 Å². The lowest BCUT2D eigenvalue weighted by Crippen LogP contribution is -2.29. The molecule has 0 aliphatic carbocycles. The van der Waals surface area contributed by atoms with Gasteiger partial charge in [0.15, 0.2) is 28.9 Å². The topological polar surface area (TPSA) is 132 Å². The zero-order valence-corrected chi connectivity index (χ0v) is 23.0. The molecule has 2 aromatic heterocycles. The predicted octanol–water partition coefficient (Wildman–Crippen LogP) is 5.74. The number of pyridine rings is 2. The van der Waals surface area contributed by atoms with Gasteiger partial charge in [0.1, 0.15) is 18.1 Å². The summed E-state index contributed by atoms with van der Waals surface area (Å²) in [4.78, 5) is 33.0. The Kier molecular flexibility index (Phi) is 9.53. The molecule has 0 saturated heterocycles. The quantitative estimate of drug-likeness (QED) is 0.215. The molecule has 4 rings (SSSR count). The number of nitrogens with zero attached hydrogens (tertiary/aromatic N) is 3. The lowest BCUT2D eigenvalue weighted by molar-refractivity contribution is 0.102. The van der Waals surface area contributed by atoms with Crippen LogP contribution in [-0.4, -0.2) is 65.9 Å². The smallest absolute Gasteiger partial charge is 0.407 e. The monoisotopic (exact) mass is 582 g/mol. The molecule has 13 heteroatoms. The first-order valence-electron chi connectivity index (χ1n) is 12.8. The summed E-state index contributed by atoms with van der Waals surface area (Å²) in [5.41, 5.74) is 0.0736. The third kappa shape index (κ3) is 6.92. The first kappa shape index (κ1) is 29.8. The van der Waals surface area contributed by atoms with Gasteiger partial charge in [0, 0.05) is 49.2 Å². The van der Waals surface area contributed by atoms with Crippen molar-refractivity contribution in [1.82, 2.24) is 14.9 Å². The molecule has 4 aromatic rings. The Morgan fingerprint density at radius 1 is 0.952 bits per heavy atom. The normalized spacial score (nSPS) is 10.7. The van der Waals surface area contributed by atoms with Crippen LogP contribution in [0.15, 0.2) is 55.0 Å². The van der Waals surface area contributed by atoms with Crippen LogP contribution in [-0.2, 0) is 0 Å². The fraction of sp³-hybridized carbons (Fsp3) is 0.241. The highest BCUT2D eigenvalue weighted by Crippen LogP contribution is 2.38. The number of aromatic nitrogens is 2. The molecule has 0 unspecified atom stereocenters. The van der Waals surface area contributed by atoms with E-state index < -0.39 is 35.1 Å². The van der Waals surface area contributed by atoms with Gasteiger partial charge < -0.3 is 34.3 Å². The van der Waals surface area contributed by atoms with Crippen molar-refractivity contribution < 1.29 is 42.4 Å². The number of hydrogen-bond donors (Lipinski definition) is 2. The summed E-state index contributed by atoms with van der Waals surface area (Å²) in [6.07, 6.45) is 3.78. The van der Waals surface area contributed by atoms with E-state index in [1.165, 1.54) is 44.9 Å². The third-order valence-electron chi connectivity index (χ3n) is 5.97. The minimum atomic E-state index is -1.09. The van der Waals surface area contributed by atoms with Crippen LogP contribution in [0.25, 0.3) is 10.9 Å². The van der Waals surface area contributed by atoms with Gasteiger partial charge in [-0.15, -0.1) is 0 Å². The van der Waals surface area contributed by atoms with Crippen LogP contribution >= 0.6 is 0 Å². The molecule has 0 radical (unpaired) electrons. The molecule has 2 heterocycles. The van der Waals surface area contributed by atoms with Crippen molar-refractivity contribution >= 4 is 28.6 Å². The Morgan fingerprint density at radius 2 is 1.71 bits per heavy atom. The van der Waals surface area contributed by atoms with Crippen LogP contribution < -0.4 is 24.3 Å². The summed E-state index contributed by atoms with van der Waals surface area (Å²) in [5.74, 6) is -1.99. The van der Waals surface area contributed by atoms with Crippen molar-refractivity contribution in [2.75, 3.05) is 39.2 Å². The second kappa shape index (κ2) is 13.4. The molecule has 0 aliphatic rings. The number of hydrogen-bond acceptors (Lipinski definition) is 8. The number of rotatable bonds is 12. The molecule has 0 atom stereocenters. The number of carbonyl (C=O) groups excluding carboxylic acids is 1. The van der Waals surface area contributed by atoms with E-state index in [9.17, 15) is 9.59 Å². The molecule has 0 fully saturated rings. The largest absolute Gasteiger partial charge is 0.493 e. The highest BCUT2D eigenvalue weighted by molar-refractivity contribution is 6.06. The molecule has 2 amide bonds. The van der Waals surface area contributed by atoms with Crippen molar-refractivity contribution in [2.45, 2.75) is 13.3 Å². The first-order valence-corrected chi connectivity index (χ1v) is 12.8. The molecule has 0 aliphatic heterocycles. The lowest BCUT2D eigenvalue weighted by Gasteiger charge is -2.16. The average Bonchev–Trinajstić information content (AvgIpc) is 2.98. The predicted molar refractivity (Wildman–Crippen MR) is 149 cm³/mol. The van der Waals surface area contributed by atoms with Gasteiger partial charge in [-0.1, -0.05) is 6.92 Å². The highest BCUT2D eigenvalue weighted by atomic mass is 19.1. The van der Waals surface area contributed by atoms with Crippen LogP contribution in [0.3, 0.4) is 0 Å². The number of ether oxygens (including phenoxy) is 4. The number of halogens is 2. The average molecular weight is 583 g/mol. The molecule has 0 saturated carbocycles. The minimum absolute atomic E-state index is 0.0576. The van der Waals surface area contributed by atoms with Gasteiger partial charge in [0.05, 0.1) is 37.0 Å². The van der Waals surface area contributed by atoms with Gasteiger partial charge in [-0.3, -0.25) is 14.8 Å². The van der Waals surface area contributed by atoms with Gasteiger partial charge in [0.2, 0.25) is 0 Å². The molecule has 11 nitrogen and oxygen atoms in total. The highest BCUT2D eigenvalue weighted by Gasteiger charge is 2.19. The summed E-state index contributed by atoms with van der Waals surface area (Å²) < 4.78 is 52.5. The number of benzene rings is 2. The molecule has 0 spiro atoms. The molecule has 220 valence electrons. The van der Waals surface area contributed by atoms with Crippen molar-refractivity contribution in [3.63, 3.8) is 0 Å². The standard InChI is InChI=1S/C29H28F2N4O7/c1-4-10-40-23-5-7-32-16-18(23)28(36)34-22-13-20(31)25(14-19(22)30)42-24-6-8-33-21-15-27(26(39-3)12-17(21)24)41-11-9-35(2)29(37)38/h5-8,12-16H,4,9-11H2,1-3H3,(H,34,36)(H,37,38). The fourth-order valence-electron chi connectivity index (χ4n) is 3.78. The zero-order chi connectivity index (χ0) is 30.2. The summed E-state index contributed by atoms with van der Waals surface area (Å²) >= 11 is 0. The molecule has 2 N–H and O–H groups in total. The number of carbonyl (C=O) groups is 2. The Hall–Kier alpha value is -5.20. The molecular weight excluding hydrogens is 554 g/mol. The van der Waals surface area contributed by atoms with Crippen LogP contribution in [0, 0.1) is 11.6 Å². The number of likely N-dealkylation sites (N-methyl/N-ethyl adjacent to an activating group) is 1. The minimum Gasteiger partial charge on any atom is -0.493 e. The van der Waals surface area contributed by atoms with Gasteiger partial charge in [-0.05, 0) is 24.6 Å². The van der Waals surface area contributed by atoms with Gasteiger partial charge in [0.25, 0.3) is 5.91 Å². The second-order valence-electron chi connectivity index (χ2n) is 8.92. The number of carboxylic acid groups (broad SMARTS) is 1. The van der Waals surface area contributed by atoms with Crippen molar-refractivity contribution in [3.05, 3.63) is 72.2 Å². The van der Waals surface area contributed by atoms with Gasteiger partial charge >= 0.3 is 6.09 Å². The second-order valence-corrected chi connectivity index (χ2v) is 8.92. The number of fused-ring (bicyclic) bond motifs is 1. The van der Waals surface area contributed by atoms with Crippen LogP contribution in [0.5, 0.6) is 28.7 Å². The first-order chi connectivity index (χ1) is 20.2. The maximum absolute atomic E-state index is 15.1. The zero-order valence-electron chi connectivity index (χ0n) is 23.0. The summed E-state index contributed by atoms with van der Waals surface area (Å²) in [7, 11) is 2.83. The lowest BCUT2D eigenvalue weighted by atomic mass is 10.1. The van der Waals surface area contributed by atoms with E-state index in [1.54, 1.807) is 12.1 Å². The SMILES string of the molecule is CCCOc1ccncc1C(=O)Nc1cc(F)c(Oc2ccnc3cc(OCCN(C)C(=O)O)c(OC)cc23)cc1F. The van der Waals surface area contributed by atoms with E-state index in [0.717, 1.165) is 17.0 Å². The van der Waals surface area contributed by atoms with Crippen molar-refractivity contribution in [3.8, 4) is 28.7 Å².